The molecule has 0 aliphatic heterocycles. The van der Waals surface area contributed by atoms with Crippen molar-refractivity contribution >= 4 is 33.1 Å². The molecule has 2 amide bonds. The first kappa shape index (κ1) is 20.1. The zero-order valence-electron chi connectivity index (χ0n) is 14.8. The lowest BCUT2D eigenvalue weighted by Gasteiger charge is -2.25. The van der Waals surface area contributed by atoms with Gasteiger partial charge >= 0.3 is 6.03 Å². The lowest BCUT2D eigenvalue weighted by Crippen LogP contribution is -2.39. The number of nitrogens with two attached hydrogens (primary N) is 1. The summed E-state index contributed by atoms with van der Waals surface area (Å²) < 4.78 is 27.9. The van der Waals surface area contributed by atoms with Crippen molar-refractivity contribution in [1.82, 2.24) is 0 Å². The van der Waals surface area contributed by atoms with E-state index >= 15 is 0 Å². The van der Waals surface area contributed by atoms with E-state index < -0.39 is 31.6 Å². The second kappa shape index (κ2) is 7.60. The fraction of sp³-hybridized carbons (Fsp3) is 0.188. The van der Waals surface area contributed by atoms with Crippen LogP contribution >= 0.6 is 0 Å². The van der Waals surface area contributed by atoms with Crippen LogP contribution in [0.3, 0.4) is 0 Å². The topological polar surface area (TPSA) is 136 Å². The molecule has 144 valence electrons. The number of carbonyl (C=O) groups is 1. The van der Waals surface area contributed by atoms with Gasteiger partial charge in [0, 0.05) is 25.8 Å². The summed E-state index contributed by atoms with van der Waals surface area (Å²) in [4.78, 5) is 25.2. The predicted octanol–water partition coefficient (Wildman–Crippen LogP) is 1.94. The number of amides is 2. The maximum atomic E-state index is 12.7. The lowest BCUT2D eigenvalue weighted by atomic mass is 10.2. The van der Waals surface area contributed by atoms with E-state index in [4.69, 9.17) is 9.88 Å². The monoisotopic (exact) mass is 394 g/mol. The fourth-order valence-electron chi connectivity index (χ4n) is 2.35. The Balaban J connectivity index is 2.38. The van der Waals surface area contributed by atoms with Gasteiger partial charge in [-0.3, -0.25) is 19.9 Å². The number of sulfonamides is 1. The number of carbonyl (C=O) groups excluding carboxylic acids is 1. The van der Waals surface area contributed by atoms with Gasteiger partial charge in [-0.25, -0.2) is 18.4 Å². The Kier molecular flexibility index (Phi) is 5.66. The molecule has 0 aromatic heterocycles. The van der Waals surface area contributed by atoms with E-state index in [1.165, 1.54) is 26.1 Å². The third kappa shape index (κ3) is 4.33. The van der Waals surface area contributed by atoms with Crippen LogP contribution in [-0.2, 0) is 10.0 Å². The van der Waals surface area contributed by atoms with Crippen LogP contribution < -0.4 is 19.7 Å². The van der Waals surface area contributed by atoms with Crippen molar-refractivity contribution in [3.05, 3.63) is 52.6 Å². The van der Waals surface area contributed by atoms with Gasteiger partial charge in [-0.1, -0.05) is 0 Å². The van der Waals surface area contributed by atoms with Gasteiger partial charge in [-0.2, -0.15) is 0 Å². The van der Waals surface area contributed by atoms with Crippen LogP contribution in [-0.4, -0.2) is 40.6 Å². The van der Waals surface area contributed by atoms with Crippen molar-refractivity contribution < 1.29 is 22.9 Å². The van der Waals surface area contributed by atoms with Crippen LogP contribution in [0.1, 0.15) is 0 Å². The number of ether oxygens (including phenoxy) is 1. The molecule has 0 radical (unpaired) electrons. The van der Waals surface area contributed by atoms with E-state index in [1.807, 2.05) is 0 Å². The highest BCUT2D eigenvalue weighted by atomic mass is 32.2. The maximum absolute atomic E-state index is 12.7. The molecule has 2 rings (SSSR count). The molecule has 10 nitrogen and oxygen atoms in total. The van der Waals surface area contributed by atoms with E-state index in [0.29, 0.717) is 11.4 Å². The number of hydrogen-bond donors (Lipinski definition) is 1. The Morgan fingerprint density at radius 2 is 1.70 bits per heavy atom. The van der Waals surface area contributed by atoms with Crippen molar-refractivity contribution in [2.75, 3.05) is 31.0 Å². The lowest BCUT2D eigenvalue weighted by molar-refractivity contribution is -0.384. The van der Waals surface area contributed by atoms with Crippen LogP contribution in [0.4, 0.5) is 21.9 Å². The van der Waals surface area contributed by atoms with Gasteiger partial charge < -0.3 is 4.74 Å². The summed E-state index contributed by atoms with van der Waals surface area (Å²) >= 11 is 0. The molecule has 0 spiro atoms. The number of nitro benzene ring substituents is 1. The maximum Gasteiger partial charge on any atom is 0.328 e. The first-order chi connectivity index (χ1) is 12.6. The first-order valence-corrected chi connectivity index (χ1v) is 9.07. The number of rotatable bonds is 5. The highest BCUT2D eigenvalue weighted by molar-refractivity contribution is 7.89. The van der Waals surface area contributed by atoms with Crippen molar-refractivity contribution in [2.45, 2.75) is 4.90 Å². The summed E-state index contributed by atoms with van der Waals surface area (Å²) in [5.74, 6) is 0.613. The van der Waals surface area contributed by atoms with Gasteiger partial charge in [-0.15, -0.1) is 0 Å². The smallest absolute Gasteiger partial charge is 0.328 e. The molecule has 0 atom stereocenters. The molecule has 0 aliphatic carbocycles. The van der Waals surface area contributed by atoms with Gasteiger partial charge in [-0.05, 0) is 36.4 Å². The summed E-state index contributed by atoms with van der Waals surface area (Å²) in [7, 11) is 0.252. The summed E-state index contributed by atoms with van der Waals surface area (Å²) in [5.41, 5.74) is -0.0882. The highest BCUT2D eigenvalue weighted by Crippen LogP contribution is 2.31. The molecule has 27 heavy (non-hydrogen) atoms. The third-order valence-corrected chi connectivity index (χ3v) is 4.78. The molecular weight excluding hydrogens is 376 g/mol. The summed E-state index contributed by atoms with van der Waals surface area (Å²) in [5, 5.41) is 16.4. The number of primary sulfonamides is 1. The van der Waals surface area contributed by atoms with Crippen LogP contribution in [0.25, 0.3) is 0 Å². The first-order valence-electron chi connectivity index (χ1n) is 7.53. The Morgan fingerprint density at radius 1 is 1.11 bits per heavy atom. The van der Waals surface area contributed by atoms with Crippen molar-refractivity contribution in [1.29, 1.82) is 0 Å². The molecule has 2 N–H and O–H groups in total. The third-order valence-electron chi connectivity index (χ3n) is 3.87. The summed E-state index contributed by atoms with van der Waals surface area (Å²) in [6, 6.07) is 9.18. The van der Waals surface area contributed by atoms with E-state index in [9.17, 15) is 23.3 Å². The van der Waals surface area contributed by atoms with Gasteiger partial charge in [0.2, 0.25) is 10.0 Å². The predicted molar refractivity (Wildman–Crippen MR) is 99.7 cm³/mol. The highest BCUT2D eigenvalue weighted by Gasteiger charge is 2.26. The Hall–Kier alpha value is -3.18. The van der Waals surface area contributed by atoms with E-state index in [0.717, 1.165) is 23.1 Å². The molecule has 0 fully saturated rings. The average molecular weight is 394 g/mol. The van der Waals surface area contributed by atoms with E-state index in [2.05, 4.69) is 0 Å². The minimum atomic E-state index is -4.12. The van der Waals surface area contributed by atoms with Gasteiger partial charge in [0.1, 0.15) is 11.4 Å². The standard InChI is InChI=1S/C16H18N4O6S/c1-18(11-4-6-12(26-3)7-5-11)16(21)19(2)14-9-8-13(27(17,24)25)10-15(14)20(22)23/h4-10H,1-3H3,(H2,17,24,25). The van der Waals surface area contributed by atoms with Crippen LogP contribution in [0.15, 0.2) is 47.4 Å². The Morgan fingerprint density at radius 3 is 2.19 bits per heavy atom. The Bertz CT molecular complexity index is 975. The molecule has 2 aromatic carbocycles. The van der Waals surface area contributed by atoms with Crippen molar-refractivity contribution in [3.8, 4) is 5.75 Å². The number of nitrogens with zero attached hydrogens (tertiary/aromatic N) is 3. The largest absolute Gasteiger partial charge is 0.497 e. The van der Waals surface area contributed by atoms with Gasteiger partial charge in [0.25, 0.3) is 5.69 Å². The number of hydrogen-bond acceptors (Lipinski definition) is 6. The molecule has 0 bridgehead atoms. The van der Waals surface area contributed by atoms with Crippen molar-refractivity contribution in [3.63, 3.8) is 0 Å². The number of methoxy groups -OCH3 is 1. The SMILES string of the molecule is COc1ccc(N(C)C(=O)N(C)c2ccc(S(N)(=O)=O)cc2[N+](=O)[O-])cc1. The number of nitro groups is 1. The molecule has 0 heterocycles. The Labute approximate surface area is 155 Å². The second-order valence-electron chi connectivity index (χ2n) is 5.55. The quantitative estimate of drug-likeness (QED) is 0.608. The zero-order chi connectivity index (χ0) is 20.4. The van der Waals surface area contributed by atoms with Gasteiger partial charge in [0.15, 0.2) is 0 Å². The molecule has 0 saturated heterocycles. The van der Waals surface area contributed by atoms with Gasteiger partial charge in [0.05, 0.1) is 16.9 Å². The van der Waals surface area contributed by atoms with Crippen LogP contribution in [0, 0.1) is 10.1 Å². The second-order valence-corrected chi connectivity index (χ2v) is 7.11. The zero-order valence-corrected chi connectivity index (χ0v) is 15.6. The van der Waals surface area contributed by atoms with Crippen LogP contribution in [0.2, 0.25) is 0 Å². The molecule has 2 aromatic rings. The number of benzene rings is 2. The summed E-state index contributed by atoms with van der Waals surface area (Å²) in [6.07, 6.45) is 0. The normalized spacial score (nSPS) is 11.0. The van der Waals surface area contributed by atoms with Crippen LogP contribution in [0.5, 0.6) is 5.75 Å². The van der Waals surface area contributed by atoms with E-state index in [1.54, 1.807) is 24.3 Å². The molecule has 11 heteroatoms. The van der Waals surface area contributed by atoms with Crippen molar-refractivity contribution in [2.24, 2.45) is 5.14 Å². The average Bonchev–Trinajstić information content (AvgIpc) is 2.65. The number of anilines is 2. The minimum Gasteiger partial charge on any atom is -0.497 e. The molecule has 0 aliphatic rings. The molecular formula is C16H18N4O6S. The van der Waals surface area contributed by atoms with E-state index in [-0.39, 0.29) is 5.69 Å². The fourth-order valence-corrected chi connectivity index (χ4v) is 2.89. The summed E-state index contributed by atoms with van der Waals surface area (Å²) in [6.45, 7) is 0. The molecule has 0 saturated carbocycles. The molecule has 0 unspecified atom stereocenters. The minimum absolute atomic E-state index is 0.0715. The number of urea groups is 1.